The second kappa shape index (κ2) is 15.8. The lowest BCUT2D eigenvalue weighted by atomic mass is 9.99. The second-order valence-corrected chi connectivity index (χ2v) is 12.1. The van der Waals surface area contributed by atoms with Gasteiger partial charge in [-0.25, -0.2) is 9.78 Å². The molecule has 0 saturated heterocycles. The van der Waals surface area contributed by atoms with Crippen LogP contribution in [0.15, 0.2) is 95.6 Å². The van der Waals surface area contributed by atoms with Crippen LogP contribution in [-0.2, 0) is 29.0 Å². The minimum absolute atomic E-state index is 0.0127. The van der Waals surface area contributed by atoms with Gasteiger partial charge in [0, 0.05) is 12.2 Å². The molecule has 244 valence electrons. The van der Waals surface area contributed by atoms with Crippen LogP contribution in [0.1, 0.15) is 71.0 Å². The number of carbonyl (C=O) groups is 4. The predicted octanol–water partition coefficient (Wildman–Crippen LogP) is 5.91. The average molecular weight is 637 g/mol. The third kappa shape index (κ3) is 8.94. The Morgan fingerprint density at radius 2 is 1.55 bits per heavy atom. The Bertz CT molecular complexity index is 1670. The van der Waals surface area contributed by atoms with E-state index in [1.165, 1.54) is 6.26 Å². The van der Waals surface area contributed by atoms with E-state index >= 15 is 0 Å². The van der Waals surface area contributed by atoms with E-state index in [1.54, 1.807) is 4.90 Å². The fourth-order valence-corrected chi connectivity index (χ4v) is 5.62. The maximum Gasteiger partial charge on any atom is 0.408 e. The van der Waals surface area contributed by atoms with Gasteiger partial charge in [-0.1, -0.05) is 92.7 Å². The molecule has 0 spiro atoms. The first-order valence-corrected chi connectivity index (χ1v) is 16.0. The Balaban J connectivity index is 1.31. The number of nitrogens with one attached hydrogen (secondary N) is 2. The summed E-state index contributed by atoms with van der Waals surface area (Å²) in [6.07, 6.45) is 3.18. The van der Waals surface area contributed by atoms with E-state index in [1.807, 2.05) is 98.8 Å². The highest BCUT2D eigenvalue weighted by Crippen LogP contribution is 2.28. The van der Waals surface area contributed by atoms with Crippen molar-refractivity contribution in [3.05, 3.63) is 119 Å². The molecule has 0 radical (unpaired) electrons. The van der Waals surface area contributed by atoms with Crippen molar-refractivity contribution in [2.24, 2.45) is 5.92 Å². The average Bonchev–Trinajstić information content (AvgIpc) is 3.59. The van der Waals surface area contributed by atoms with E-state index in [2.05, 4.69) is 15.6 Å². The van der Waals surface area contributed by atoms with Gasteiger partial charge >= 0.3 is 6.09 Å². The fourth-order valence-electron chi connectivity index (χ4n) is 5.62. The molecule has 10 heteroatoms. The number of oxazole rings is 1. The summed E-state index contributed by atoms with van der Waals surface area (Å²) >= 11 is 0. The third-order valence-corrected chi connectivity index (χ3v) is 8.02. The zero-order valence-electron chi connectivity index (χ0n) is 26.7. The lowest BCUT2D eigenvalue weighted by Gasteiger charge is -2.28. The van der Waals surface area contributed by atoms with Crippen LogP contribution in [0.5, 0.6) is 0 Å². The quantitative estimate of drug-likeness (QED) is 0.175. The molecular formula is C37H40N4O6. The highest BCUT2D eigenvalue weighted by atomic mass is 16.5. The number of hydrogen-bond acceptors (Lipinski definition) is 7. The second-order valence-electron chi connectivity index (χ2n) is 12.1. The summed E-state index contributed by atoms with van der Waals surface area (Å²) in [7, 11) is 0. The van der Waals surface area contributed by atoms with Crippen LogP contribution in [0.3, 0.4) is 0 Å². The molecule has 2 unspecified atom stereocenters. The van der Waals surface area contributed by atoms with E-state index in [9.17, 15) is 19.2 Å². The Kier molecular flexibility index (Phi) is 11.2. The van der Waals surface area contributed by atoms with E-state index in [-0.39, 0.29) is 36.4 Å². The fraction of sp³-hybridized carbons (Fsp3) is 0.324. The van der Waals surface area contributed by atoms with Gasteiger partial charge in [0.15, 0.2) is 5.69 Å². The van der Waals surface area contributed by atoms with Crippen molar-refractivity contribution >= 4 is 29.4 Å². The first kappa shape index (κ1) is 33.1. The van der Waals surface area contributed by atoms with Crippen molar-refractivity contribution in [1.82, 2.24) is 15.6 Å². The summed E-state index contributed by atoms with van der Waals surface area (Å²) in [5.74, 6) is -1.68. The molecular weight excluding hydrogens is 596 g/mol. The molecule has 0 saturated carbocycles. The molecule has 2 N–H and O–H groups in total. The summed E-state index contributed by atoms with van der Waals surface area (Å²) in [6.45, 7) is 4.44. The Morgan fingerprint density at radius 3 is 2.28 bits per heavy atom. The molecule has 1 aliphatic heterocycles. The lowest BCUT2D eigenvalue weighted by molar-refractivity contribution is -0.124. The number of fused-ring (bicyclic) bond motifs is 1. The molecule has 1 aliphatic rings. The molecule has 0 aliphatic carbocycles. The van der Waals surface area contributed by atoms with Crippen molar-refractivity contribution in [1.29, 1.82) is 0 Å². The number of carbonyl (C=O) groups excluding carboxylic acids is 4. The van der Waals surface area contributed by atoms with Crippen molar-refractivity contribution < 1.29 is 28.3 Å². The lowest BCUT2D eigenvalue weighted by Crippen LogP contribution is -2.52. The summed E-state index contributed by atoms with van der Waals surface area (Å²) in [4.78, 5) is 59.6. The van der Waals surface area contributed by atoms with Crippen molar-refractivity contribution in [2.45, 2.75) is 64.6 Å². The molecule has 2 atom stereocenters. The number of Topliss-reactive ketones (excluding diaryl/α,β-unsaturated/α-hetero) is 1. The topological polar surface area (TPSA) is 131 Å². The van der Waals surface area contributed by atoms with Gasteiger partial charge in [0.25, 0.3) is 11.8 Å². The number of alkyl carbamates (subject to hydrolysis) is 1. The molecule has 3 aromatic carbocycles. The number of amides is 3. The standard InChI is InChI=1S/C37H40N4O6/c1-25(2)22-30(40-37(45)47-23-27-14-7-4-8-15-27)34(43)38-29(20-19-26-12-5-3-6-13-26)33(42)35-39-31(24-46-35)36(44)41-21-11-17-28-16-9-10-18-32(28)41/h3-10,12-16,18,24-25,29-30H,11,17,19-23H2,1-2H3,(H,38,43)(H,40,45). The molecule has 4 aromatic rings. The van der Waals surface area contributed by atoms with Crippen molar-refractivity contribution in [3.8, 4) is 0 Å². The number of aryl methyl sites for hydroxylation is 2. The normalized spacial score (nSPS) is 13.7. The zero-order chi connectivity index (χ0) is 33.2. The molecule has 0 bridgehead atoms. The van der Waals surface area contributed by atoms with Gasteiger partial charge in [0.1, 0.15) is 18.9 Å². The summed E-state index contributed by atoms with van der Waals surface area (Å²) in [5.41, 5.74) is 3.70. The van der Waals surface area contributed by atoms with E-state index in [4.69, 9.17) is 9.15 Å². The SMILES string of the molecule is CC(C)CC(NC(=O)OCc1ccccc1)C(=O)NC(CCc1ccccc1)C(=O)c1nc(C(=O)N2CCCc3ccccc32)co1. The molecule has 0 fully saturated rings. The summed E-state index contributed by atoms with van der Waals surface area (Å²) in [5, 5.41) is 5.50. The van der Waals surface area contributed by atoms with Gasteiger partial charge in [-0.05, 0) is 60.8 Å². The first-order valence-electron chi connectivity index (χ1n) is 16.0. The maximum atomic E-state index is 13.8. The van der Waals surface area contributed by atoms with Gasteiger partial charge in [-0.2, -0.15) is 0 Å². The molecule has 5 rings (SSSR count). The predicted molar refractivity (Wildman–Crippen MR) is 177 cm³/mol. The van der Waals surface area contributed by atoms with Crippen LogP contribution in [0, 0.1) is 5.92 Å². The Hall–Kier alpha value is -5.25. The highest BCUT2D eigenvalue weighted by molar-refractivity contribution is 6.06. The van der Waals surface area contributed by atoms with Crippen LogP contribution in [-0.4, -0.2) is 47.3 Å². The molecule has 3 amide bonds. The maximum absolute atomic E-state index is 13.8. The molecule has 47 heavy (non-hydrogen) atoms. The van der Waals surface area contributed by atoms with Crippen LogP contribution in [0.2, 0.25) is 0 Å². The monoisotopic (exact) mass is 636 g/mol. The van der Waals surface area contributed by atoms with Gasteiger partial charge in [0.2, 0.25) is 11.7 Å². The Labute approximate surface area is 274 Å². The summed E-state index contributed by atoms with van der Waals surface area (Å²) in [6, 6.07) is 24.5. The van der Waals surface area contributed by atoms with Crippen molar-refractivity contribution in [2.75, 3.05) is 11.4 Å². The number of benzene rings is 3. The molecule has 2 heterocycles. The van der Waals surface area contributed by atoms with Crippen molar-refractivity contribution in [3.63, 3.8) is 0 Å². The van der Waals surface area contributed by atoms with Gasteiger partial charge in [-0.3, -0.25) is 14.4 Å². The number of ether oxygens (including phenoxy) is 1. The molecule has 1 aromatic heterocycles. The van der Waals surface area contributed by atoms with E-state index in [0.29, 0.717) is 19.4 Å². The van der Waals surface area contributed by atoms with Gasteiger partial charge in [-0.15, -0.1) is 0 Å². The number of anilines is 1. The molecule has 10 nitrogen and oxygen atoms in total. The smallest absolute Gasteiger partial charge is 0.408 e. The first-order chi connectivity index (χ1) is 22.8. The van der Waals surface area contributed by atoms with Crippen LogP contribution >= 0.6 is 0 Å². The van der Waals surface area contributed by atoms with Crippen LogP contribution in [0.4, 0.5) is 10.5 Å². The summed E-state index contributed by atoms with van der Waals surface area (Å²) < 4.78 is 10.9. The number of aromatic nitrogens is 1. The van der Waals surface area contributed by atoms with E-state index in [0.717, 1.165) is 35.2 Å². The number of ketones is 1. The zero-order valence-corrected chi connectivity index (χ0v) is 26.7. The number of para-hydroxylation sites is 1. The number of hydrogen-bond donors (Lipinski definition) is 2. The highest BCUT2D eigenvalue weighted by Gasteiger charge is 2.32. The number of nitrogens with zero attached hydrogens (tertiary/aromatic N) is 2. The minimum atomic E-state index is -1.03. The van der Waals surface area contributed by atoms with Gasteiger partial charge < -0.3 is 24.7 Å². The third-order valence-electron chi connectivity index (χ3n) is 8.02. The van der Waals surface area contributed by atoms with Gasteiger partial charge in [0.05, 0.1) is 6.04 Å². The largest absolute Gasteiger partial charge is 0.445 e. The van der Waals surface area contributed by atoms with Crippen LogP contribution < -0.4 is 15.5 Å². The van der Waals surface area contributed by atoms with Crippen LogP contribution in [0.25, 0.3) is 0 Å². The minimum Gasteiger partial charge on any atom is -0.445 e. The Morgan fingerprint density at radius 1 is 0.872 bits per heavy atom. The number of rotatable bonds is 13. The van der Waals surface area contributed by atoms with E-state index < -0.39 is 29.9 Å².